The molecule has 0 amide bonds. The molecule has 3 aromatic rings. The fraction of sp³-hybridized carbons (Fsp3) is 0. The van der Waals surface area contributed by atoms with E-state index in [1.54, 1.807) is 0 Å². The SMILES string of the molecule is O=c1ccoc(Bc2ccc(C#Cc3ccc(BO)cc3)cc2)c1O. The number of benzene rings is 2. The molecule has 6 heteroatoms. The molecular formula is C19H14B2O4. The topological polar surface area (TPSA) is 70.7 Å². The maximum absolute atomic E-state index is 11.4. The first-order valence-electron chi connectivity index (χ1n) is 7.76. The van der Waals surface area contributed by atoms with Crippen molar-refractivity contribution in [2.45, 2.75) is 0 Å². The summed E-state index contributed by atoms with van der Waals surface area (Å²) < 4.78 is 5.20. The first-order valence-corrected chi connectivity index (χ1v) is 7.76. The van der Waals surface area contributed by atoms with Crippen molar-refractivity contribution >= 4 is 31.3 Å². The Hall–Kier alpha value is -3.16. The Morgan fingerprint density at radius 3 is 1.96 bits per heavy atom. The van der Waals surface area contributed by atoms with E-state index in [0.717, 1.165) is 22.1 Å². The summed E-state index contributed by atoms with van der Waals surface area (Å²) in [5.74, 6) is 5.79. The van der Waals surface area contributed by atoms with E-state index in [0.29, 0.717) is 7.28 Å². The maximum Gasteiger partial charge on any atom is 0.304 e. The normalized spacial score (nSPS) is 9.80. The highest BCUT2D eigenvalue weighted by atomic mass is 16.3. The van der Waals surface area contributed by atoms with Crippen LogP contribution in [0.3, 0.4) is 0 Å². The summed E-state index contributed by atoms with van der Waals surface area (Å²) in [6, 6.07) is 16.1. The van der Waals surface area contributed by atoms with Gasteiger partial charge < -0.3 is 14.5 Å². The number of rotatable bonds is 3. The predicted octanol–water partition coefficient (Wildman–Crippen LogP) is -0.898. The van der Waals surface area contributed by atoms with Crippen LogP contribution in [0.1, 0.15) is 11.1 Å². The summed E-state index contributed by atoms with van der Waals surface area (Å²) in [5.41, 5.74) is 3.28. The highest BCUT2D eigenvalue weighted by molar-refractivity contribution is 6.66. The van der Waals surface area contributed by atoms with Crippen molar-refractivity contribution in [2.75, 3.05) is 0 Å². The second-order valence-corrected chi connectivity index (χ2v) is 5.54. The molecule has 1 aromatic heterocycles. The summed E-state index contributed by atoms with van der Waals surface area (Å²) >= 11 is 0. The minimum atomic E-state index is -0.448. The van der Waals surface area contributed by atoms with E-state index in [4.69, 9.17) is 9.44 Å². The third-order valence-electron chi connectivity index (χ3n) is 3.73. The number of hydrogen-bond donors (Lipinski definition) is 2. The molecule has 2 aromatic carbocycles. The molecule has 0 atom stereocenters. The van der Waals surface area contributed by atoms with Crippen molar-refractivity contribution < 1.29 is 14.5 Å². The van der Waals surface area contributed by atoms with E-state index in [9.17, 15) is 9.90 Å². The lowest BCUT2D eigenvalue weighted by atomic mass is 9.67. The first kappa shape index (κ1) is 16.7. The van der Waals surface area contributed by atoms with Crippen LogP contribution in [0.25, 0.3) is 0 Å². The molecule has 4 nitrogen and oxygen atoms in total. The Kier molecular flexibility index (Phi) is 5.08. The van der Waals surface area contributed by atoms with Gasteiger partial charge in [0.25, 0.3) is 0 Å². The molecule has 0 aliphatic heterocycles. The van der Waals surface area contributed by atoms with E-state index < -0.39 is 5.43 Å². The molecule has 2 N–H and O–H groups in total. The highest BCUT2D eigenvalue weighted by Gasteiger charge is 2.10. The minimum absolute atomic E-state index is 0.0201. The van der Waals surface area contributed by atoms with Gasteiger partial charge in [-0.15, -0.1) is 0 Å². The van der Waals surface area contributed by atoms with Crippen molar-refractivity contribution in [2.24, 2.45) is 0 Å². The fourth-order valence-corrected chi connectivity index (χ4v) is 2.30. The zero-order valence-corrected chi connectivity index (χ0v) is 13.4. The van der Waals surface area contributed by atoms with Gasteiger partial charge in [0.1, 0.15) is 5.66 Å². The molecule has 120 valence electrons. The van der Waals surface area contributed by atoms with Gasteiger partial charge in [0.05, 0.1) is 6.26 Å². The van der Waals surface area contributed by atoms with Gasteiger partial charge in [0, 0.05) is 17.2 Å². The van der Waals surface area contributed by atoms with Gasteiger partial charge in [0.2, 0.25) is 12.7 Å². The predicted molar refractivity (Wildman–Crippen MR) is 101 cm³/mol. The Bertz CT molecular complexity index is 981. The highest BCUT2D eigenvalue weighted by Crippen LogP contribution is 1.99. The molecule has 0 unspecified atom stereocenters. The van der Waals surface area contributed by atoms with Crippen LogP contribution in [0.5, 0.6) is 5.75 Å². The lowest BCUT2D eigenvalue weighted by Gasteiger charge is -2.01. The third kappa shape index (κ3) is 4.23. The van der Waals surface area contributed by atoms with Crippen molar-refractivity contribution in [3.8, 4) is 17.6 Å². The molecule has 0 bridgehead atoms. The number of aromatic hydroxyl groups is 1. The van der Waals surface area contributed by atoms with E-state index in [-0.39, 0.29) is 18.9 Å². The van der Waals surface area contributed by atoms with Gasteiger partial charge in [-0.1, -0.05) is 47.0 Å². The second-order valence-electron chi connectivity index (χ2n) is 5.54. The quantitative estimate of drug-likeness (QED) is 0.483. The molecule has 1 heterocycles. The first-order chi connectivity index (χ1) is 12.2. The molecule has 0 radical (unpaired) electrons. The van der Waals surface area contributed by atoms with Gasteiger partial charge in [-0.05, 0) is 24.3 Å². The van der Waals surface area contributed by atoms with E-state index in [1.165, 1.54) is 12.3 Å². The molecule has 0 aliphatic rings. The summed E-state index contributed by atoms with van der Waals surface area (Å²) in [4.78, 5) is 11.4. The molecule has 0 fully saturated rings. The second kappa shape index (κ2) is 7.61. The minimum Gasteiger partial charge on any atom is -0.502 e. The zero-order chi connectivity index (χ0) is 17.6. The standard InChI is InChI=1S/C19H14B2O4/c22-17-11-12-25-19(18(17)23)20-15-7-3-13(4-8-15)1-2-14-5-9-16(21-24)10-6-14/h3-12,20-21,23-24H. The summed E-state index contributed by atoms with van der Waals surface area (Å²) in [7, 11) is 0.352. The van der Waals surface area contributed by atoms with Crippen LogP contribution in [0, 0.1) is 11.8 Å². The largest absolute Gasteiger partial charge is 0.502 e. The summed E-state index contributed by atoms with van der Waals surface area (Å²) in [6.07, 6.45) is 1.28. The van der Waals surface area contributed by atoms with Crippen molar-refractivity contribution in [1.29, 1.82) is 0 Å². The van der Waals surface area contributed by atoms with Crippen LogP contribution < -0.4 is 22.0 Å². The number of hydrogen-bond acceptors (Lipinski definition) is 4. The van der Waals surface area contributed by atoms with E-state index in [1.807, 2.05) is 48.5 Å². The molecular weight excluding hydrogens is 314 g/mol. The molecule has 3 rings (SSSR count). The van der Waals surface area contributed by atoms with E-state index >= 15 is 0 Å². The molecule has 0 saturated heterocycles. The summed E-state index contributed by atoms with van der Waals surface area (Å²) in [5, 5.41) is 18.7. The van der Waals surface area contributed by atoms with E-state index in [2.05, 4.69) is 11.8 Å². The molecule has 0 aliphatic carbocycles. The lowest BCUT2D eigenvalue weighted by Crippen LogP contribution is -2.29. The summed E-state index contributed by atoms with van der Waals surface area (Å²) in [6.45, 7) is 0. The Labute approximate surface area is 146 Å². The molecule has 25 heavy (non-hydrogen) atoms. The van der Waals surface area contributed by atoms with Crippen molar-refractivity contribution in [3.63, 3.8) is 0 Å². The third-order valence-corrected chi connectivity index (χ3v) is 3.73. The van der Waals surface area contributed by atoms with Gasteiger partial charge >= 0.3 is 7.48 Å². The van der Waals surface area contributed by atoms with Crippen LogP contribution in [0.2, 0.25) is 0 Å². The van der Waals surface area contributed by atoms with Crippen LogP contribution in [-0.2, 0) is 0 Å². The maximum atomic E-state index is 11.4. The van der Waals surface area contributed by atoms with Gasteiger partial charge in [-0.3, -0.25) is 4.79 Å². The van der Waals surface area contributed by atoms with Crippen LogP contribution in [-0.4, -0.2) is 24.9 Å². The van der Waals surface area contributed by atoms with Crippen molar-refractivity contribution in [1.82, 2.24) is 0 Å². The molecule has 0 saturated carbocycles. The average molecular weight is 328 g/mol. The van der Waals surface area contributed by atoms with Gasteiger partial charge in [-0.25, -0.2) is 0 Å². The van der Waals surface area contributed by atoms with Crippen LogP contribution >= 0.6 is 0 Å². The fourth-order valence-electron chi connectivity index (χ4n) is 2.30. The Balaban J connectivity index is 1.73. The smallest absolute Gasteiger partial charge is 0.304 e. The van der Waals surface area contributed by atoms with Crippen molar-refractivity contribution in [3.05, 3.63) is 82.2 Å². The molecule has 0 spiro atoms. The van der Waals surface area contributed by atoms with Gasteiger partial charge in [0.15, 0.2) is 5.75 Å². The zero-order valence-electron chi connectivity index (χ0n) is 13.4. The Morgan fingerprint density at radius 1 is 0.840 bits per heavy atom. The lowest BCUT2D eigenvalue weighted by molar-refractivity contribution is 0.447. The average Bonchev–Trinajstić information content (AvgIpc) is 2.65. The van der Waals surface area contributed by atoms with Crippen LogP contribution in [0.15, 0.2) is 70.1 Å². The Morgan fingerprint density at radius 2 is 1.40 bits per heavy atom. The van der Waals surface area contributed by atoms with Crippen LogP contribution in [0.4, 0.5) is 0 Å². The monoisotopic (exact) mass is 328 g/mol. The van der Waals surface area contributed by atoms with Gasteiger partial charge in [-0.2, -0.15) is 0 Å².